The van der Waals surface area contributed by atoms with Gasteiger partial charge in [0.1, 0.15) is 6.17 Å². The Morgan fingerprint density at radius 3 is 2.78 bits per heavy atom. The smallest absolute Gasteiger partial charge is 0.226 e. The minimum absolute atomic E-state index is 0.124. The first-order valence-corrected chi connectivity index (χ1v) is 10.1. The molecule has 128 valence electrons. The van der Waals surface area contributed by atoms with Crippen LogP contribution >= 0.6 is 23.2 Å². The number of nitrogens with zero attached hydrogens (tertiary/aromatic N) is 1. The zero-order chi connectivity index (χ0) is 16.0. The van der Waals surface area contributed by atoms with E-state index >= 15 is 0 Å². The summed E-state index contributed by atoms with van der Waals surface area (Å²) in [4.78, 5) is 15.1. The van der Waals surface area contributed by atoms with Crippen LogP contribution in [-0.4, -0.2) is 40.3 Å². The van der Waals surface area contributed by atoms with E-state index in [4.69, 9.17) is 23.2 Å². The van der Waals surface area contributed by atoms with Crippen molar-refractivity contribution in [1.29, 1.82) is 0 Å². The molecule has 0 radical (unpaired) electrons. The summed E-state index contributed by atoms with van der Waals surface area (Å²) in [5.74, 6) is 0.894. The SMILES string of the molecule is O=C1NC2/C(=C/C3CCC(Cl)CC3Cl)CCN2C2CCCCC12. The topological polar surface area (TPSA) is 32.3 Å². The van der Waals surface area contributed by atoms with Crippen LogP contribution in [0.1, 0.15) is 51.4 Å². The Labute approximate surface area is 148 Å². The Morgan fingerprint density at radius 2 is 1.96 bits per heavy atom. The van der Waals surface area contributed by atoms with E-state index in [-0.39, 0.29) is 28.7 Å². The summed E-state index contributed by atoms with van der Waals surface area (Å²) in [5, 5.41) is 3.65. The number of carbonyl (C=O) groups is 1. The second-order valence-corrected chi connectivity index (χ2v) is 8.87. The van der Waals surface area contributed by atoms with E-state index in [0.29, 0.717) is 12.0 Å². The van der Waals surface area contributed by atoms with Crippen molar-refractivity contribution >= 4 is 29.1 Å². The third-order valence-corrected chi connectivity index (χ3v) is 7.20. The molecule has 0 bridgehead atoms. The van der Waals surface area contributed by atoms with Crippen LogP contribution in [0.2, 0.25) is 0 Å². The van der Waals surface area contributed by atoms with Crippen LogP contribution in [0.15, 0.2) is 11.6 Å². The highest BCUT2D eigenvalue weighted by molar-refractivity contribution is 6.24. The number of hydrogen-bond acceptors (Lipinski definition) is 2. The predicted molar refractivity (Wildman–Crippen MR) is 93.7 cm³/mol. The van der Waals surface area contributed by atoms with Crippen molar-refractivity contribution < 1.29 is 4.79 Å². The van der Waals surface area contributed by atoms with Gasteiger partial charge in [-0.15, -0.1) is 23.2 Å². The number of hydrogen-bond donors (Lipinski definition) is 1. The number of nitrogens with one attached hydrogen (secondary N) is 1. The molecule has 3 nitrogen and oxygen atoms in total. The highest BCUT2D eigenvalue weighted by atomic mass is 35.5. The normalized spacial score (nSPS) is 46.3. The molecule has 1 N–H and O–H groups in total. The average molecular weight is 357 g/mol. The Kier molecular flexibility index (Phi) is 4.64. The van der Waals surface area contributed by atoms with Crippen molar-refractivity contribution in [3.63, 3.8) is 0 Å². The van der Waals surface area contributed by atoms with E-state index in [1.807, 2.05) is 0 Å². The third kappa shape index (κ3) is 3.05. The molecular weight excluding hydrogens is 331 g/mol. The third-order valence-electron chi connectivity index (χ3n) is 6.30. The number of carbonyl (C=O) groups excluding carboxylic acids is 1. The molecule has 6 atom stereocenters. The number of rotatable bonds is 1. The van der Waals surface area contributed by atoms with Gasteiger partial charge in [-0.3, -0.25) is 9.69 Å². The summed E-state index contributed by atoms with van der Waals surface area (Å²) in [6, 6.07) is 0.457. The van der Waals surface area contributed by atoms with E-state index < -0.39 is 0 Å². The predicted octanol–water partition coefficient (Wildman–Crippen LogP) is 3.65. The molecule has 0 aromatic rings. The van der Waals surface area contributed by atoms with Gasteiger partial charge < -0.3 is 5.32 Å². The largest absolute Gasteiger partial charge is 0.336 e. The average Bonchev–Trinajstić information content (AvgIpc) is 2.93. The molecule has 0 spiro atoms. The van der Waals surface area contributed by atoms with E-state index in [9.17, 15) is 4.79 Å². The molecule has 0 aromatic heterocycles. The number of alkyl halides is 2. The second-order valence-electron chi connectivity index (χ2n) is 7.69. The monoisotopic (exact) mass is 356 g/mol. The van der Waals surface area contributed by atoms with Gasteiger partial charge >= 0.3 is 0 Å². The molecule has 2 saturated carbocycles. The molecule has 2 heterocycles. The van der Waals surface area contributed by atoms with E-state index in [0.717, 1.165) is 38.6 Å². The van der Waals surface area contributed by atoms with Crippen molar-refractivity contribution in [2.75, 3.05) is 6.54 Å². The van der Waals surface area contributed by atoms with E-state index in [1.54, 1.807) is 0 Å². The summed E-state index contributed by atoms with van der Waals surface area (Å²) in [5.41, 5.74) is 1.38. The fourth-order valence-corrected chi connectivity index (χ4v) is 5.88. The fraction of sp³-hybridized carbons (Fsp3) is 0.833. The van der Waals surface area contributed by atoms with E-state index in [1.165, 1.54) is 24.8 Å². The van der Waals surface area contributed by atoms with Crippen LogP contribution in [0.5, 0.6) is 0 Å². The molecule has 0 aromatic carbocycles. The van der Waals surface area contributed by atoms with Crippen molar-refractivity contribution in [3.05, 3.63) is 11.6 Å². The lowest BCUT2D eigenvalue weighted by molar-refractivity contribution is -0.135. The van der Waals surface area contributed by atoms with Gasteiger partial charge in [-0.05, 0) is 50.0 Å². The van der Waals surface area contributed by atoms with E-state index in [2.05, 4.69) is 16.3 Å². The molecule has 5 heteroatoms. The summed E-state index contributed by atoms with van der Waals surface area (Å²) >= 11 is 12.8. The highest BCUT2D eigenvalue weighted by Crippen LogP contribution is 2.40. The summed E-state index contributed by atoms with van der Waals surface area (Å²) < 4.78 is 0. The van der Waals surface area contributed by atoms with Gasteiger partial charge in [0.25, 0.3) is 0 Å². The van der Waals surface area contributed by atoms with Crippen molar-refractivity contribution in [2.45, 2.75) is 74.3 Å². The van der Waals surface area contributed by atoms with Crippen LogP contribution in [0.3, 0.4) is 0 Å². The minimum atomic E-state index is 0.124. The van der Waals surface area contributed by atoms with Gasteiger partial charge in [-0.2, -0.15) is 0 Å². The van der Waals surface area contributed by atoms with Gasteiger partial charge in [0.15, 0.2) is 0 Å². The van der Waals surface area contributed by atoms with Crippen LogP contribution in [-0.2, 0) is 4.79 Å². The molecule has 2 aliphatic heterocycles. The molecule has 2 saturated heterocycles. The lowest BCUT2D eigenvalue weighted by atomic mass is 9.81. The number of amides is 1. The zero-order valence-corrected chi connectivity index (χ0v) is 15.0. The lowest BCUT2D eigenvalue weighted by Crippen LogP contribution is -2.61. The highest BCUT2D eigenvalue weighted by Gasteiger charge is 2.46. The molecule has 2 aliphatic carbocycles. The molecule has 6 unspecified atom stereocenters. The Hall–Kier alpha value is -0.250. The molecule has 1 amide bonds. The van der Waals surface area contributed by atoms with Gasteiger partial charge in [0.2, 0.25) is 5.91 Å². The van der Waals surface area contributed by atoms with Crippen LogP contribution in [0, 0.1) is 11.8 Å². The summed E-state index contributed by atoms with van der Waals surface area (Å²) in [6.07, 6.45) is 11.3. The molecular formula is C18H26Cl2N2O. The summed E-state index contributed by atoms with van der Waals surface area (Å²) in [7, 11) is 0. The van der Waals surface area contributed by atoms with Crippen LogP contribution in [0.25, 0.3) is 0 Å². The maximum atomic E-state index is 12.5. The summed E-state index contributed by atoms with van der Waals surface area (Å²) in [6.45, 7) is 1.08. The number of fused-ring (bicyclic) bond motifs is 3. The Morgan fingerprint density at radius 1 is 1.13 bits per heavy atom. The van der Waals surface area contributed by atoms with Gasteiger partial charge in [-0.1, -0.05) is 18.9 Å². The van der Waals surface area contributed by atoms with Crippen molar-refractivity contribution in [3.8, 4) is 0 Å². The first kappa shape index (κ1) is 16.2. The van der Waals surface area contributed by atoms with Crippen molar-refractivity contribution in [1.82, 2.24) is 10.2 Å². The fourth-order valence-electron chi connectivity index (χ4n) is 5.05. The minimum Gasteiger partial charge on any atom is -0.336 e. The lowest BCUT2D eigenvalue weighted by Gasteiger charge is -2.45. The molecule has 23 heavy (non-hydrogen) atoms. The van der Waals surface area contributed by atoms with Crippen LogP contribution < -0.4 is 5.32 Å². The first-order valence-electron chi connectivity index (χ1n) is 9.18. The maximum absolute atomic E-state index is 12.5. The number of halogens is 2. The van der Waals surface area contributed by atoms with Crippen molar-refractivity contribution in [2.24, 2.45) is 11.8 Å². The second kappa shape index (κ2) is 6.57. The maximum Gasteiger partial charge on any atom is 0.226 e. The molecule has 4 fully saturated rings. The van der Waals surface area contributed by atoms with Gasteiger partial charge in [-0.25, -0.2) is 0 Å². The molecule has 4 aliphatic rings. The standard InChI is InChI=1S/C18H26Cl2N2O/c19-13-6-5-11(15(20)10-13)9-12-7-8-22-16-4-2-1-3-14(16)18(23)21-17(12)22/h9,11,13-17H,1-8,10H2,(H,21,23)/b12-9+. The Bertz CT molecular complexity index is 509. The quantitative estimate of drug-likeness (QED) is 0.574. The Balaban J connectivity index is 1.51. The number of allylic oxidation sites excluding steroid dienone is 1. The molecule has 4 rings (SSSR count). The first-order chi connectivity index (χ1) is 11.1. The van der Waals surface area contributed by atoms with Gasteiger partial charge in [0.05, 0.1) is 5.92 Å². The zero-order valence-electron chi connectivity index (χ0n) is 13.5. The van der Waals surface area contributed by atoms with Crippen LogP contribution in [0.4, 0.5) is 0 Å². The van der Waals surface area contributed by atoms with Gasteiger partial charge in [0, 0.05) is 23.3 Å².